The maximum atomic E-state index is 11.3. The summed E-state index contributed by atoms with van der Waals surface area (Å²) in [5.74, 6) is 0.189. The molecule has 14 heavy (non-hydrogen) atoms. The van der Waals surface area contributed by atoms with Gasteiger partial charge in [-0.05, 0) is 18.3 Å². The van der Waals surface area contributed by atoms with Crippen molar-refractivity contribution in [3.05, 3.63) is 0 Å². The van der Waals surface area contributed by atoms with E-state index in [4.69, 9.17) is 0 Å². The molecule has 1 saturated heterocycles. The second-order valence-electron chi connectivity index (χ2n) is 5.33. The standard InChI is InChI=1S/C11H22N2O/c1-11(2,3)8-13-9-5-4-6-12-10(14)7-9/h9,13H,4-8H2,1-3H3,(H,12,14). The summed E-state index contributed by atoms with van der Waals surface area (Å²) < 4.78 is 0. The molecule has 2 N–H and O–H groups in total. The van der Waals surface area contributed by atoms with E-state index in [9.17, 15) is 4.79 Å². The van der Waals surface area contributed by atoms with Crippen LogP contribution >= 0.6 is 0 Å². The number of amides is 1. The van der Waals surface area contributed by atoms with Crippen LogP contribution in [0.3, 0.4) is 0 Å². The third kappa shape index (κ3) is 4.61. The maximum absolute atomic E-state index is 11.3. The number of hydrogen-bond donors (Lipinski definition) is 2. The van der Waals surface area contributed by atoms with Crippen molar-refractivity contribution in [3.8, 4) is 0 Å². The number of rotatable bonds is 2. The Morgan fingerprint density at radius 2 is 2.21 bits per heavy atom. The number of nitrogens with one attached hydrogen (secondary N) is 2. The third-order valence-corrected chi connectivity index (χ3v) is 2.40. The van der Waals surface area contributed by atoms with Crippen molar-refractivity contribution in [1.29, 1.82) is 0 Å². The number of carbonyl (C=O) groups excluding carboxylic acids is 1. The molecule has 0 aromatic heterocycles. The molecule has 0 radical (unpaired) electrons. The smallest absolute Gasteiger partial charge is 0.221 e. The molecule has 0 aromatic rings. The van der Waals surface area contributed by atoms with E-state index in [-0.39, 0.29) is 5.91 Å². The minimum atomic E-state index is 0.189. The van der Waals surface area contributed by atoms with Crippen molar-refractivity contribution < 1.29 is 4.79 Å². The minimum Gasteiger partial charge on any atom is -0.356 e. The molecule has 3 nitrogen and oxygen atoms in total. The van der Waals surface area contributed by atoms with E-state index < -0.39 is 0 Å². The Bertz CT molecular complexity index is 196. The highest BCUT2D eigenvalue weighted by Gasteiger charge is 2.19. The van der Waals surface area contributed by atoms with Gasteiger partial charge < -0.3 is 10.6 Å². The molecule has 0 spiro atoms. The van der Waals surface area contributed by atoms with Crippen molar-refractivity contribution in [2.45, 2.75) is 46.1 Å². The first-order valence-corrected chi connectivity index (χ1v) is 5.47. The van der Waals surface area contributed by atoms with Crippen molar-refractivity contribution in [2.75, 3.05) is 13.1 Å². The summed E-state index contributed by atoms with van der Waals surface area (Å²) >= 11 is 0. The maximum Gasteiger partial charge on any atom is 0.221 e. The first-order chi connectivity index (χ1) is 6.47. The zero-order valence-electron chi connectivity index (χ0n) is 9.52. The summed E-state index contributed by atoms with van der Waals surface area (Å²) in [6.45, 7) is 8.43. The predicted molar refractivity (Wildman–Crippen MR) is 58.1 cm³/mol. The van der Waals surface area contributed by atoms with Gasteiger partial charge in [-0.2, -0.15) is 0 Å². The van der Waals surface area contributed by atoms with Crippen LogP contribution in [-0.4, -0.2) is 25.0 Å². The van der Waals surface area contributed by atoms with E-state index >= 15 is 0 Å². The molecule has 1 aliphatic rings. The van der Waals surface area contributed by atoms with Gasteiger partial charge in [0.05, 0.1) is 0 Å². The first-order valence-electron chi connectivity index (χ1n) is 5.47. The van der Waals surface area contributed by atoms with E-state index in [2.05, 4.69) is 31.4 Å². The van der Waals surface area contributed by atoms with Gasteiger partial charge in [-0.15, -0.1) is 0 Å². The molecule has 1 amide bonds. The first kappa shape index (κ1) is 11.5. The molecule has 3 heteroatoms. The van der Waals surface area contributed by atoms with E-state index in [1.807, 2.05) is 0 Å². The fourth-order valence-corrected chi connectivity index (χ4v) is 1.60. The summed E-state index contributed by atoms with van der Waals surface area (Å²) in [6, 6.07) is 0.372. The SMILES string of the molecule is CC(C)(C)CNC1CCCNC(=O)C1. The Morgan fingerprint density at radius 3 is 2.86 bits per heavy atom. The number of carbonyl (C=O) groups is 1. The molecule has 1 rings (SSSR count). The molecule has 0 saturated carbocycles. The third-order valence-electron chi connectivity index (χ3n) is 2.40. The zero-order chi connectivity index (χ0) is 10.6. The fraction of sp³-hybridized carbons (Fsp3) is 0.909. The van der Waals surface area contributed by atoms with Crippen LogP contribution in [0.25, 0.3) is 0 Å². The van der Waals surface area contributed by atoms with Gasteiger partial charge in [0.25, 0.3) is 0 Å². The molecule has 0 aliphatic carbocycles. The normalized spacial score (nSPS) is 24.2. The highest BCUT2D eigenvalue weighted by Crippen LogP contribution is 2.13. The Balaban J connectivity index is 2.32. The minimum absolute atomic E-state index is 0.189. The van der Waals surface area contributed by atoms with E-state index in [1.54, 1.807) is 0 Å². The molecular weight excluding hydrogens is 176 g/mol. The van der Waals surface area contributed by atoms with E-state index in [0.717, 1.165) is 25.9 Å². The van der Waals surface area contributed by atoms with Gasteiger partial charge in [-0.1, -0.05) is 20.8 Å². The van der Waals surface area contributed by atoms with Crippen molar-refractivity contribution in [3.63, 3.8) is 0 Å². The van der Waals surface area contributed by atoms with Crippen LogP contribution in [0.1, 0.15) is 40.0 Å². The van der Waals surface area contributed by atoms with Gasteiger partial charge in [0, 0.05) is 25.6 Å². The van der Waals surface area contributed by atoms with Gasteiger partial charge in [-0.3, -0.25) is 4.79 Å². The molecule has 1 fully saturated rings. The lowest BCUT2D eigenvalue weighted by molar-refractivity contribution is -0.121. The summed E-state index contributed by atoms with van der Waals surface area (Å²) in [5, 5.41) is 6.36. The molecule has 1 atom stereocenters. The van der Waals surface area contributed by atoms with Crippen LogP contribution in [0.15, 0.2) is 0 Å². The molecule has 1 heterocycles. The van der Waals surface area contributed by atoms with Crippen molar-refractivity contribution in [1.82, 2.24) is 10.6 Å². The molecule has 1 aliphatic heterocycles. The number of hydrogen-bond acceptors (Lipinski definition) is 2. The van der Waals surface area contributed by atoms with Crippen LogP contribution in [0.5, 0.6) is 0 Å². The van der Waals surface area contributed by atoms with Gasteiger partial charge >= 0.3 is 0 Å². The highest BCUT2D eigenvalue weighted by atomic mass is 16.1. The van der Waals surface area contributed by atoms with Crippen LogP contribution in [0.2, 0.25) is 0 Å². The second kappa shape index (κ2) is 4.78. The summed E-state index contributed by atoms with van der Waals surface area (Å²) in [4.78, 5) is 11.3. The quantitative estimate of drug-likeness (QED) is 0.702. The predicted octanol–water partition coefficient (Wildman–Crippen LogP) is 1.29. The van der Waals surface area contributed by atoms with Gasteiger partial charge in [0.1, 0.15) is 0 Å². The second-order valence-corrected chi connectivity index (χ2v) is 5.33. The average molecular weight is 198 g/mol. The molecule has 0 aromatic carbocycles. The van der Waals surface area contributed by atoms with Gasteiger partial charge in [-0.25, -0.2) is 0 Å². The van der Waals surface area contributed by atoms with Crippen molar-refractivity contribution >= 4 is 5.91 Å². The average Bonchev–Trinajstić information content (AvgIpc) is 2.25. The Morgan fingerprint density at radius 1 is 1.50 bits per heavy atom. The summed E-state index contributed by atoms with van der Waals surface area (Å²) in [7, 11) is 0. The lowest BCUT2D eigenvalue weighted by Crippen LogP contribution is -2.37. The molecule has 0 bridgehead atoms. The van der Waals surface area contributed by atoms with Crippen LogP contribution < -0.4 is 10.6 Å². The fourth-order valence-electron chi connectivity index (χ4n) is 1.60. The lowest BCUT2D eigenvalue weighted by atomic mass is 9.96. The molecule has 82 valence electrons. The largest absolute Gasteiger partial charge is 0.356 e. The summed E-state index contributed by atoms with van der Waals surface area (Å²) in [5.41, 5.74) is 0.294. The molecule has 1 unspecified atom stereocenters. The van der Waals surface area contributed by atoms with E-state index in [1.165, 1.54) is 0 Å². The van der Waals surface area contributed by atoms with Crippen LogP contribution in [-0.2, 0) is 4.79 Å². The van der Waals surface area contributed by atoms with Crippen LogP contribution in [0, 0.1) is 5.41 Å². The lowest BCUT2D eigenvalue weighted by Gasteiger charge is -2.23. The Hall–Kier alpha value is -0.570. The van der Waals surface area contributed by atoms with Gasteiger partial charge in [0.15, 0.2) is 0 Å². The van der Waals surface area contributed by atoms with Crippen LogP contribution in [0.4, 0.5) is 0 Å². The highest BCUT2D eigenvalue weighted by molar-refractivity contribution is 5.76. The van der Waals surface area contributed by atoms with Gasteiger partial charge in [0.2, 0.25) is 5.91 Å². The Labute approximate surface area is 86.6 Å². The zero-order valence-corrected chi connectivity index (χ0v) is 9.52. The monoisotopic (exact) mass is 198 g/mol. The topological polar surface area (TPSA) is 41.1 Å². The summed E-state index contributed by atoms with van der Waals surface area (Å²) in [6.07, 6.45) is 2.83. The Kier molecular flexibility index (Phi) is 3.93. The van der Waals surface area contributed by atoms with Crippen molar-refractivity contribution in [2.24, 2.45) is 5.41 Å². The molecular formula is C11H22N2O. The van der Waals surface area contributed by atoms with E-state index in [0.29, 0.717) is 17.9 Å².